The first kappa shape index (κ1) is 12.2. The first-order chi connectivity index (χ1) is 7.88. The van der Waals surface area contributed by atoms with Gasteiger partial charge in [0.1, 0.15) is 0 Å². The monoisotopic (exact) mass is 254 g/mol. The van der Waals surface area contributed by atoms with Crippen LogP contribution in [0.1, 0.15) is 19.8 Å². The highest BCUT2D eigenvalue weighted by Crippen LogP contribution is 2.33. The van der Waals surface area contributed by atoms with Gasteiger partial charge in [0.05, 0.1) is 16.3 Å². The van der Waals surface area contributed by atoms with Crippen molar-refractivity contribution in [1.29, 1.82) is 0 Å². The van der Waals surface area contributed by atoms with Crippen LogP contribution in [0.3, 0.4) is 0 Å². The highest BCUT2D eigenvalue weighted by atomic mass is 32.2. The molecule has 0 unspecified atom stereocenters. The summed E-state index contributed by atoms with van der Waals surface area (Å²) in [6.07, 6.45) is 3.40. The van der Waals surface area contributed by atoms with Gasteiger partial charge >= 0.3 is 0 Å². The molecule has 1 fully saturated rings. The molecule has 1 aromatic carbocycles. The number of sulfone groups is 1. The molecule has 0 spiro atoms. The van der Waals surface area contributed by atoms with E-state index >= 15 is 0 Å². The molecule has 0 aromatic heterocycles. The number of hydrogen-bond donors (Lipinski definition) is 2. The molecule has 3 N–H and O–H groups in total. The number of benzene rings is 1. The van der Waals surface area contributed by atoms with Gasteiger partial charge in [-0.15, -0.1) is 0 Å². The number of rotatable bonds is 3. The first-order valence-electron chi connectivity index (χ1n) is 5.73. The third-order valence-electron chi connectivity index (χ3n) is 3.20. The van der Waals surface area contributed by atoms with E-state index in [-0.39, 0.29) is 4.90 Å². The zero-order chi connectivity index (χ0) is 12.6. The molecule has 0 radical (unpaired) electrons. The maximum absolute atomic E-state index is 11.5. The molecule has 0 amide bonds. The van der Waals surface area contributed by atoms with E-state index in [4.69, 9.17) is 5.73 Å². The molecule has 0 bridgehead atoms. The topological polar surface area (TPSA) is 72.2 Å². The van der Waals surface area contributed by atoms with Crippen LogP contribution in [0.4, 0.5) is 11.4 Å². The van der Waals surface area contributed by atoms with E-state index in [0.717, 1.165) is 24.4 Å². The van der Waals surface area contributed by atoms with Crippen molar-refractivity contribution in [2.75, 3.05) is 17.3 Å². The van der Waals surface area contributed by atoms with E-state index < -0.39 is 9.84 Å². The Hall–Kier alpha value is -1.23. The number of anilines is 2. The number of hydrogen-bond acceptors (Lipinski definition) is 4. The second kappa shape index (κ2) is 4.22. The number of nitrogens with one attached hydrogen (secondary N) is 1. The Morgan fingerprint density at radius 1 is 1.35 bits per heavy atom. The fraction of sp³-hybridized carbons (Fsp3) is 0.500. The largest absolute Gasteiger partial charge is 0.396 e. The van der Waals surface area contributed by atoms with Crippen LogP contribution >= 0.6 is 0 Å². The average Bonchev–Trinajstić information content (AvgIpc) is 2.16. The summed E-state index contributed by atoms with van der Waals surface area (Å²) in [6, 6.07) is 5.51. The van der Waals surface area contributed by atoms with Gasteiger partial charge in [-0.1, -0.05) is 13.0 Å². The Morgan fingerprint density at radius 2 is 2.00 bits per heavy atom. The predicted octanol–water partition coefficient (Wildman–Crippen LogP) is 1.88. The summed E-state index contributed by atoms with van der Waals surface area (Å²) in [5.74, 6) is 0.742. The second-order valence-electron chi connectivity index (χ2n) is 4.91. The SMILES string of the molecule is CC1CC(Nc2cccc(S(C)(=O)=O)c2N)C1. The molecular formula is C12H18N2O2S. The fourth-order valence-electron chi connectivity index (χ4n) is 2.23. The molecule has 1 aliphatic carbocycles. The minimum atomic E-state index is -3.26. The Kier molecular flexibility index (Phi) is 3.03. The van der Waals surface area contributed by atoms with Gasteiger partial charge in [-0.2, -0.15) is 0 Å². The van der Waals surface area contributed by atoms with Crippen LogP contribution < -0.4 is 11.1 Å². The lowest BCUT2D eigenvalue weighted by molar-refractivity contribution is 0.309. The lowest BCUT2D eigenvalue weighted by atomic mass is 9.82. The van der Waals surface area contributed by atoms with Crippen LogP contribution in [0, 0.1) is 5.92 Å². The van der Waals surface area contributed by atoms with E-state index in [9.17, 15) is 8.42 Å². The highest BCUT2D eigenvalue weighted by Gasteiger charge is 2.26. The van der Waals surface area contributed by atoms with Crippen molar-refractivity contribution < 1.29 is 8.42 Å². The Labute approximate surface area is 102 Å². The molecule has 2 rings (SSSR count). The van der Waals surface area contributed by atoms with E-state index in [1.165, 1.54) is 6.26 Å². The molecule has 1 aromatic rings. The molecule has 1 saturated carbocycles. The van der Waals surface area contributed by atoms with Crippen molar-refractivity contribution in [2.45, 2.75) is 30.7 Å². The van der Waals surface area contributed by atoms with Gasteiger partial charge in [0.15, 0.2) is 9.84 Å². The Bertz CT molecular complexity index is 519. The van der Waals surface area contributed by atoms with Crippen LogP contribution in [0.15, 0.2) is 23.1 Å². The molecule has 5 heteroatoms. The lowest BCUT2D eigenvalue weighted by Crippen LogP contribution is -2.34. The maximum Gasteiger partial charge on any atom is 0.177 e. The van der Waals surface area contributed by atoms with Crippen LogP contribution in [0.2, 0.25) is 0 Å². The van der Waals surface area contributed by atoms with Gasteiger partial charge in [-0.3, -0.25) is 0 Å². The van der Waals surface area contributed by atoms with Crippen molar-refractivity contribution in [3.63, 3.8) is 0 Å². The van der Waals surface area contributed by atoms with E-state index in [2.05, 4.69) is 12.2 Å². The number of nitrogens with two attached hydrogens (primary N) is 1. The third kappa shape index (κ3) is 2.54. The van der Waals surface area contributed by atoms with Gasteiger partial charge in [-0.05, 0) is 30.9 Å². The van der Waals surface area contributed by atoms with Gasteiger partial charge in [0.2, 0.25) is 0 Å². The van der Waals surface area contributed by atoms with Crippen LogP contribution in [0.25, 0.3) is 0 Å². The summed E-state index contributed by atoms with van der Waals surface area (Å²) in [5, 5.41) is 3.30. The average molecular weight is 254 g/mol. The smallest absolute Gasteiger partial charge is 0.177 e. The summed E-state index contributed by atoms with van der Waals surface area (Å²) in [6.45, 7) is 2.20. The third-order valence-corrected chi connectivity index (χ3v) is 4.35. The van der Waals surface area contributed by atoms with Crippen molar-refractivity contribution in [1.82, 2.24) is 0 Å². The van der Waals surface area contributed by atoms with Crippen molar-refractivity contribution >= 4 is 21.2 Å². The maximum atomic E-state index is 11.5. The molecule has 0 atom stereocenters. The summed E-state index contributed by atoms with van der Waals surface area (Å²) in [7, 11) is -3.26. The summed E-state index contributed by atoms with van der Waals surface area (Å²) >= 11 is 0. The molecule has 17 heavy (non-hydrogen) atoms. The van der Waals surface area contributed by atoms with Crippen molar-refractivity contribution in [3.8, 4) is 0 Å². The van der Waals surface area contributed by atoms with E-state index in [1.54, 1.807) is 12.1 Å². The van der Waals surface area contributed by atoms with Gasteiger partial charge < -0.3 is 11.1 Å². The zero-order valence-electron chi connectivity index (χ0n) is 10.1. The zero-order valence-corrected chi connectivity index (χ0v) is 10.9. The Balaban J connectivity index is 2.24. The molecule has 1 aliphatic rings. The minimum Gasteiger partial charge on any atom is -0.396 e. The molecule has 4 nitrogen and oxygen atoms in total. The van der Waals surface area contributed by atoms with Crippen molar-refractivity contribution in [3.05, 3.63) is 18.2 Å². The normalized spacial score (nSPS) is 24.1. The fourth-order valence-corrected chi connectivity index (χ4v) is 3.07. The molecular weight excluding hydrogens is 236 g/mol. The van der Waals surface area contributed by atoms with Crippen LogP contribution in [-0.2, 0) is 9.84 Å². The molecule has 0 heterocycles. The van der Waals surface area contributed by atoms with E-state index in [0.29, 0.717) is 11.7 Å². The number of nitrogen functional groups attached to an aromatic ring is 1. The molecule has 0 saturated heterocycles. The highest BCUT2D eigenvalue weighted by molar-refractivity contribution is 7.90. The Morgan fingerprint density at radius 3 is 2.53 bits per heavy atom. The molecule has 0 aliphatic heterocycles. The van der Waals surface area contributed by atoms with Gasteiger partial charge in [0.25, 0.3) is 0 Å². The van der Waals surface area contributed by atoms with Crippen LogP contribution in [-0.4, -0.2) is 20.7 Å². The minimum absolute atomic E-state index is 0.204. The molecule has 94 valence electrons. The van der Waals surface area contributed by atoms with Gasteiger partial charge in [0, 0.05) is 12.3 Å². The quantitative estimate of drug-likeness (QED) is 0.808. The second-order valence-corrected chi connectivity index (χ2v) is 6.89. The summed E-state index contributed by atoms with van der Waals surface area (Å²) in [4.78, 5) is 0.204. The first-order valence-corrected chi connectivity index (χ1v) is 7.62. The van der Waals surface area contributed by atoms with E-state index in [1.807, 2.05) is 6.07 Å². The van der Waals surface area contributed by atoms with Crippen molar-refractivity contribution in [2.24, 2.45) is 5.92 Å². The predicted molar refractivity (Wildman–Crippen MR) is 69.8 cm³/mol. The van der Waals surface area contributed by atoms with Gasteiger partial charge in [-0.25, -0.2) is 8.42 Å². The lowest BCUT2D eigenvalue weighted by Gasteiger charge is -2.34. The standard InChI is InChI=1S/C12H18N2O2S/c1-8-6-9(7-8)14-10-4-3-5-11(12(10)13)17(2,15)16/h3-5,8-9,14H,6-7,13H2,1-2H3. The number of para-hydroxylation sites is 1. The summed E-state index contributed by atoms with van der Waals surface area (Å²) < 4.78 is 23.0. The van der Waals surface area contributed by atoms with Crippen LogP contribution in [0.5, 0.6) is 0 Å². The summed E-state index contributed by atoms with van der Waals surface area (Å²) in [5.41, 5.74) is 6.94.